The van der Waals surface area contributed by atoms with Crippen LogP contribution in [0.2, 0.25) is 0 Å². The molecule has 0 spiro atoms. The van der Waals surface area contributed by atoms with Crippen LogP contribution in [0, 0.1) is 6.92 Å². The van der Waals surface area contributed by atoms with Crippen LogP contribution in [0.15, 0.2) is 47.8 Å². The van der Waals surface area contributed by atoms with Crippen LogP contribution in [0.3, 0.4) is 0 Å². The Morgan fingerprint density at radius 1 is 1.18 bits per heavy atom. The monoisotopic (exact) mass is 376 g/mol. The molecular formula is C20H20N6O2. The van der Waals surface area contributed by atoms with Crippen molar-refractivity contribution >= 4 is 5.91 Å². The quantitative estimate of drug-likeness (QED) is 0.749. The van der Waals surface area contributed by atoms with E-state index >= 15 is 0 Å². The van der Waals surface area contributed by atoms with Gasteiger partial charge in [0.1, 0.15) is 5.69 Å². The number of nitrogens with one attached hydrogen (secondary N) is 1. The molecule has 28 heavy (non-hydrogen) atoms. The summed E-state index contributed by atoms with van der Waals surface area (Å²) in [6.07, 6.45) is 7.99. The Morgan fingerprint density at radius 3 is 2.68 bits per heavy atom. The number of likely N-dealkylation sites (tertiary alicyclic amines) is 1. The molecule has 1 fully saturated rings. The fraction of sp³-hybridized carbons (Fsp3) is 0.300. The van der Waals surface area contributed by atoms with E-state index < -0.39 is 0 Å². The van der Waals surface area contributed by atoms with Crippen molar-refractivity contribution < 1.29 is 4.79 Å². The van der Waals surface area contributed by atoms with Crippen molar-refractivity contribution in [2.75, 3.05) is 13.1 Å². The largest absolute Gasteiger partial charge is 0.339 e. The van der Waals surface area contributed by atoms with Gasteiger partial charge in [-0.3, -0.25) is 19.6 Å². The minimum atomic E-state index is -0.212. The number of amides is 1. The lowest BCUT2D eigenvalue weighted by molar-refractivity contribution is 0.0711. The third-order valence-electron chi connectivity index (χ3n) is 4.89. The maximum absolute atomic E-state index is 12.6. The van der Waals surface area contributed by atoms with Crippen molar-refractivity contribution in [1.29, 1.82) is 0 Å². The Labute approximate surface area is 161 Å². The number of hydrogen-bond acceptors (Lipinski definition) is 6. The van der Waals surface area contributed by atoms with Crippen LogP contribution in [0.25, 0.3) is 11.5 Å². The molecule has 0 atom stereocenters. The van der Waals surface area contributed by atoms with Crippen molar-refractivity contribution in [1.82, 2.24) is 29.8 Å². The second-order valence-corrected chi connectivity index (χ2v) is 6.87. The second kappa shape index (κ2) is 7.67. The highest BCUT2D eigenvalue weighted by molar-refractivity contribution is 5.93. The van der Waals surface area contributed by atoms with Crippen LogP contribution in [0.4, 0.5) is 0 Å². The Hall–Kier alpha value is -3.42. The summed E-state index contributed by atoms with van der Waals surface area (Å²) in [5, 5.41) is 0. The topological polar surface area (TPSA) is 105 Å². The zero-order chi connectivity index (χ0) is 19.5. The van der Waals surface area contributed by atoms with Crippen LogP contribution < -0.4 is 5.56 Å². The number of carbonyl (C=O) groups is 1. The first kappa shape index (κ1) is 18.0. The maximum Gasteiger partial charge on any atom is 0.255 e. The summed E-state index contributed by atoms with van der Waals surface area (Å²) in [5.74, 6) is 0.530. The molecule has 1 aliphatic rings. The van der Waals surface area contributed by atoms with E-state index in [1.807, 2.05) is 11.8 Å². The average molecular weight is 376 g/mol. The first-order valence-electron chi connectivity index (χ1n) is 9.20. The van der Waals surface area contributed by atoms with Gasteiger partial charge >= 0.3 is 0 Å². The van der Waals surface area contributed by atoms with Crippen LogP contribution in [-0.2, 0) is 0 Å². The number of aryl methyl sites for hydroxylation is 1. The molecule has 8 nitrogen and oxygen atoms in total. The minimum absolute atomic E-state index is 0.0129. The number of carbonyl (C=O) groups excluding carboxylic acids is 1. The summed E-state index contributed by atoms with van der Waals surface area (Å²) in [6.45, 7) is 3.09. The molecule has 0 saturated carbocycles. The summed E-state index contributed by atoms with van der Waals surface area (Å²) in [7, 11) is 0. The molecule has 142 valence electrons. The van der Waals surface area contributed by atoms with Gasteiger partial charge in [0.2, 0.25) is 0 Å². The molecule has 0 bridgehead atoms. The summed E-state index contributed by atoms with van der Waals surface area (Å²) >= 11 is 0. The predicted molar refractivity (Wildman–Crippen MR) is 103 cm³/mol. The zero-order valence-corrected chi connectivity index (χ0v) is 15.5. The van der Waals surface area contributed by atoms with Crippen molar-refractivity contribution in [2.24, 2.45) is 0 Å². The second-order valence-electron chi connectivity index (χ2n) is 6.87. The standard InChI is InChI=1S/C20H20N6O2/c1-13-10-23-17(12-22-13)19-24-16(9-18(27)25-19)14-4-7-26(8-5-14)20(28)15-3-2-6-21-11-15/h2-3,6,9-12,14H,4-5,7-8H2,1H3,(H,24,25,27). The molecule has 1 aliphatic heterocycles. The molecule has 4 heterocycles. The molecule has 3 aromatic rings. The van der Waals surface area contributed by atoms with E-state index in [1.165, 1.54) is 6.07 Å². The summed E-state index contributed by atoms with van der Waals surface area (Å²) in [6, 6.07) is 5.07. The fourth-order valence-electron chi connectivity index (χ4n) is 3.37. The summed E-state index contributed by atoms with van der Waals surface area (Å²) < 4.78 is 0. The van der Waals surface area contributed by atoms with E-state index in [-0.39, 0.29) is 17.4 Å². The predicted octanol–water partition coefficient (Wildman–Crippen LogP) is 1.95. The first-order chi connectivity index (χ1) is 13.6. The molecule has 1 amide bonds. The number of H-pyrrole nitrogens is 1. The van der Waals surface area contributed by atoms with Gasteiger partial charge < -0.3 is 9.88 Å². The van der Waals surface area contributed by atoms with Crippen molar-refractivity contribution in [3.63, 3.8) is 0 Å². The molecule has 1 N–H and O–H groups in total. The lowest BCUT2D eigenvalue weighted by Gasteiger charge is -2.31. The third-order valence-corrected chi connectivity index (χ3v) is 4.89. The first-order valence-corrected chi connectivity index (χ1v) is 9.20. The molecule has 0 aliphatic carbocycles. The average Bonchev–Trinajstić information content (AvgIpc) is 2.74. The maximum atomic E-state index is 12.6. The number of hydrogen-bond donors (Lipinski definition) is 1. The Bertz CT molecular complexity index is 1020. The fourth-order valence-corrected chi connectivity index (χ4v) is 3.37. The molecule has 8 heteroatoms. The SMILES string of the molecule is Cc1cnc(-c2nc(C3CCN(C(=O)c4cccnc4)CC3)cc(=O)[nH]2)cn1. The van der Waals surface area contributed by atoms with Gasteiger partial charge in [0.15, 0.2) is 5.82 Å². The number of aromatic nitrogens is 5. The molecular weight excluding hydrogens is 356 g/mol. The van der Waals surface area contributed by atoms with E-state index in [2.05, 4.69) is 24.9 Å². The molecule has 0 radical (unpaired) electrons. The van der Waals surface area contributed by atoms with Gasteiger partial charge in [-0.15, -0.1) is 0 Å². The molecule has 0 unspecified atom stereocenters. The van der Waals surface area contributed by atoms with Gasteiger partial charge in [-0.1, -0.05) is 0 Å². The van der Waals surface area contributed by atoms with Gasteiger partial charge in [-0.2, -0.15) is 0 Å². The molecule has 4 rings (SSSR count). The highest BCUT2D eigenvalue weighted by atomic mass is 16.2. The molecule has 3 aromatic heterocycles. The Kier molecular flexibility index (Phi) is 4.92. The van der Waals surface area contributed by atoms with Crippen LogP contribution in [-0.4, -0.2) is 48.8 Å². The Morgan fingerprint density at radius 2 is 2.00 bits per heavy atom. The third kappa shape index (κ3) is 3.80. The van der Waals surface area contributed by atoms with Crippen LogP contribution >= 0.6 is 0 Å². The zero-order valence-electron chi connectivity index (χ0n) is 15.5. The van der Waals surface area contributed by atoms with Gasteiger partial charge in [0, 0.05) is 43.7 Å². The number of nitrogens with zero attached hydrogens (tertiary/aromatic N) is 5. The highest BCUT2D eigenvalue weighted by Crippen LogP contribution is 2.27. The van der Waals surface area contributed by atoms with E-state index in [9.17, 15) is 9.59 Å². The van der Waals surface area contributed by atoms with E-state index in [4.69, 9.17) is 0 Å². The van der Waals surface area contributed by atoms with Crippen LogP contribution in [0.5, 0.6) is 0 Å². The lowest BCUT2D eigenvalue weighted by Crippen LogP contribution is -2.38. The van der Waals surface area contributed by atoms with Gasteiger partial charge in [-0.25, -0.2) is 9.97 Å². The van der Waals surface area contributed by atoms with E-state index in [0.29, 0.717) is 30.2 Å². The lowest BCUT2D eigenvalue weighted by atomic mass is 9.93. The van der Waals surface area contributed by atoms with Gasteiger partial charge in [-0.05, 0) is 31.9 Å². The van der Waals surface area contributed by atoms with Gasteiger partial charge in [0.25, 0.3) is 11.5 Å². The normalized spacial score (nSPS) is 14.8. The number of piperidine rings is 1. The van der Waals surface area contributed by atoms with Gasteiger partial charge in [0.05, 0.1) is 23.1 Å². The Balaban J connectivity index is 1.49. The number of rotatable bonds is 3. The number of pyridine rings is 1. The molecule has 1 saturated heterocycles. The summed E-state index contributed by atoms with van der Waals surface area (Å²) in [4.78, 5) is 46.4. The summed E-state index contributed by atoms with van der Waals surface area (Å²) in [5.41, 5.74) is 2.45. The number of aromatic amines is 1. The van der Waals surface area contributed by atoms with Crippen molar-refractivity contribution in [3.8, 4) is 11.5 Å². The van der Waals surface area contributed by atoms with Crippen LogP contribution in [0.1, 0.15) is 40.5 Å². The smallest absolute Gasteiger partial charge is 0.255 e. The van der Waals surface area contributed by atoms with Crippen molar-refractivity contribution in [3.05, 3.63) is 70.3 Å². The van der Waals surface area contributed by atoms with E-state index in [1.54, 1.807) is 36.9 Å². The van der Waals surface area contributed by atoms with E-state index in [0.717, 1.165) is 24.2 Å². The molecule has 0 aromatic carbocycles. The minimum Gasteiger partial charge on any atom is -0.339 e. The highest BCUT2D eigenvalue weighted by Gasteiger charge is 2.26. The van der Waals surface area contributed by atoms with Crippen molar-refractivity contribution in [2.45, 2.75) is 25.7 Å².